The fourth-order valence-electron chi connectivity index (χ4n) is 3.46. The Morgan fingerprint density at radius 3 is 2.48 bits per heavy atom. The van der Waals surface area contributed by atoms with E-state index in [4.69, 9.17) is 14.2 Å². The van der Waals surface area contributed by atoms with Crippen LogP contribution in [0.2, 0.25) is 0 Å². The third kappa shape index (κ3) is 4.51. The maximum atomic E-state index is 13.3. The molecule has 0 amide bonds. The zero-order valence-corrected chi connectivity index (χ0v) is 18.7. The summed E-state index contributed by atoms with van der Waals surface area (Å²) in [6.07, 6.45) is 0. The van der Waals surface area contributed by atoms with Crippen LogP contribution in [-0.2, 0) is 12.3 Å². The van der Waals surface area contributed by atoms with E-state index in [2.05, 4.69) is 10.1 Å². The lowest BCUT2D eigenvalue weighted by Crippen LogP contribution is -2.24. The zero-order chi connectivity index (χ0) is 22.6. The summed E-state index contributed by atoms with van der Waals surface area (Å²) >= 11 is 1.40. The van der Waals surface area contributed by atoms with Crippen molar-refractivity contribution in [3.63, 3.8) is 0 Å². The molecule has 0 aliphatic heterocycles. The van der Waals surface area contributed by atoms with Gasteiger partial charge in [-0.2, -0.15) is 4.98 Å². The number of hydrogen-bond acceptors (Lipinski definition) is 7. The van der Waals surface area contributed by atoms with E-state index in [0.29, 0.717) is 40.1 Å². The molecule has 0 atom stereocenters. The van der Waals surface area contributed by atoms with Crippen LogP contribution in [0.1, 0.15) is 11.5 Å². The van der Waals surface area contributed by atoms with Crippen LogP contribution in [0.4, 0.5) is 0 Å². The van der Waals surface area contributed by atoms with Crippen LogP contribution in [0.3, 0.4) is 0 Å². The Morgan fingerprint density at radius 2 is 1.70 bits per heavy atom. The van der Waals surface area contributed by atoms with Gasteiger partial charge in [-0.05, 0) is 29.8 Å². The molecule has 2 aromatic heterocycles. The Morgan fingerprint density at radius 1 is 0.939 bits per heavy atom. The molecule has 0 unspecified atom stereocenters. The van der Waals surface area contributed by atoms with Crippen LogP contribution in [0.15, 0.2) is 93.3 Å². The van der Waals surface area contributed by atoms with Crippen LogP contribution in [0.5, 0.6) is 5.75 Å². The summed E-state index contributed by atoms with van der Waals surface area (Å²) in [7, 11) is 1.63. The summed E-state index contributed by atoms with van der Waals surface area (Å²) in [4.78, 5) is 22.6. The van der Waals surface area contributed by atoms with Crippen molar-refractivity contribution in [3.8, 4) is 17.1 Å². The van der Waals surface area contributed by atoms with Crippen molar-refractivity contribution in [2.45, 2.75) is 17.5 Å². The van der Waals surface area contributed by atoms with E-state index in [1.165, 1.54) is 11.8 Å². The van der Waals surface area contributed by atoms with Gasteiger partial charge in [-0.25, -0.2) is 4.98 Å². The van der Waals surface area contributed by atoms with Crippen LogP contribution < -0.4 is 10.3 Å². The molecule has 33 heavy (non-hydrogen) atoms. The molecule has 0 aliphatic rings. The number of benzene rings is 3. The van der Waals surface area contributed by atoms with Gasteiger partial charge in [0.15, 0.2) is 5.16 Å². The number of nitrogens with zero attached hydrogens (tertiary/aromatic N) is 4. The predicted molar refractivity (Wildman–Crippen MR) is 127 cm³/mol. The van der Waals surface area contributed by atoms with E-state index in [9.17, 15) is 4.79 Å². The molecule has 0 fully saturated rings. The Hall–Kier alpha value is -3.91. The van der Waals surface area contributed by atoms with Crippen LogP contribution in [0.25, 0.3) is 22.3 Å². The molecule has 2 heterocycles. The van der Waals surface area contributed by atoms with Gasteiger partial charge < -0.3 is 9.26 Å². The summed E-state index contributed by atoms with van der Waals surface area (Å²) in [5.74, 6) is 2.17. The molecule has 8 heteroatoms. The molecule has 5 aromatic rings. The number of ether oxygens (including phenoxy) is 1. The molecule has 0 saturated heterocycles. The fourth-order valence-corrected chi connectivity index (χ4v) is 4.29. The first-order valence-electron chi connectivity index (χ1n) is 10.3. The van der Waals surface area contributed by atoms with Crippen molar-refractivity contribution in [2.24, 2.45) is 0 Å². The van der Waals surface area contributed by atoms with Crippen LogP contribution in [-0.4, -0.2) is 26.8 Å². The normalized spacial score (nSPS) is 11.1. The number of methoxy groups -OCH3 is 1. The molecule has 164 valence electrons. The summed E-state index contributed by atoms with van der Waals surface area (Å²) in [6.45, 7) is 0.391. The van der Waals surface area contributed by atoms with Gasteiger partial charge in [-0.15, -0.1) is 0 Å². The van der Waals surface area contributed by atoms with Crippen LogP contribution in [0, 0.1) is 0 Å². The van der Waals surface area contributed by atoms with Crippen molar-refractivity contribution in [2.75, 3.05) is 7.11 Å². The molecule has 0 spiro atoms. The number of para-hydroxylation sites is 1. The third-order valence-electron chi connectivity index (χ3n) is 5.15. The predicted octanol–water partition coefficient (Wildman–Crippen LogP) is 4.80. The van der Waals surface area contributed by atoms with Gasteiger partial charge in [0, 0.05) is 5.56 Å². The van der Waals surface area contributed by atoms with Gasteiger partial charge in [0.2, 0.25) is 11.7 Å². The van der Waals surface area contributed by atoms with Crippen LogP contribution >= 0.6 is 11.8 Å². The minimum absolute atomic E-state index is 0.0885. The Balaban J connectivity index is 1.45. The minimum Gasteiger partial charge on any atom is -0.497 e. The molecule has 0 aliphatic carbocycles. The third-order valence-corrected chi connectivity index (χ3v) is 6.11. The zero-order valence-electron chi connectivity index (χ0n) is 17.8. The highest BCUT2D eigenvalue weighted by molar-refractivity contribution is 7.98. The van der Waals surface area contributed by atoms with Gasteiger partial charge >= 0.3 is 0 Å². The number of aromatic nitrogens is 4. The van der Waals surface area contributed by atoms with Gasteiger partial charge in [-0.3, -0.25) is 9.36 Å². The lowest BCUT2D eigenvalue weighted by Gasteiger charge is -2.13. The van der Waals surface area contributed by atoms with Crippen molar-refractivity contribution >= 4 is 22.7 Å². The molecule has 0 radical (unpaired) electrons. The molecule has 7 nitrogen and oxygen atoms in total. The molecule has 0 N–H and O–H groups in total. The average Bonchev–Trinajstić information content (AvgIpc) is 3.35. The number of hydrogen-bond donors (Lipinski definition) is 0. The summed E-state index contributed by atoms with van der Waals surface area (Å²) in [5, 5.41) is 5.25. The quantitative estimate of drug-likeness (QED) is 0.257. The highest BCUT2D eigenvalue weighted by Crippen LogP contribution is 2.24. The Kier molecular flexibility index (Phi) is 5.91. The standard InChI is InChI=1S/C25H20N4O3S/c1-31-19-13-11-17(12-14-19)15-29-24(30)20-9-5-6-10-21(20)26-25(29)33-16-22-27-23(28-32-22)18-7-3-2-4-8-18/h2-14H,15-16H2,1H3. The van der Waals surface area contributed by atoms with Crippen molar-refractivity contribution in [3.05, 3.63) is 101 Å². The van der Waals surface area contributed by atoms with Gasteiger partial charge in [0.05, 0.1) is 30.3 Å². The van der Waals surface area contributed by atoms with E-state index < -0.39 is 0 Å². The van der Waals surface area contributed by atoms with Gasteiger partial charge in [0.1, 0.15) is 5.75 Å². The second-order valence-electron chi connectivity index (χ2n) is 7.32. The lowest BCUT2D eigenvalue weighted by atomic mass is 10.2. The van der Waals surface area contributed by atoms with E-state index in [1.54, 1.807) is 17.7 Å². The van der Waals surface area contributed by atoms with Crippen molar-refractivity contribution in [1.82, 2.24) is 19.7 Å². The maximum absolute atomic E-state index is 13.3. The fraction of sp³-hybridized carbons (Fsp3) is 0.120. The van der Waals surface area contributed by atoms with Gasteiger partial charge in [-0.1, -0.05) is 71.5 Å². The average molecular weight is 457 g/mol. The SMILES string of the molecule is COc1ccc(Cn2c(SCc3nc(-c4ccccc4)no3)nc3ccccc3c2=O)cc1. The summed E-state index contributed by atoms with van der Waals surface area (Å²) in [6, 6.07) is 24.7. The first-order valence-corrected chi connectivity index (χ1v) is 11.3. The molecule has 3 aromatic carbocycles. The highest BCUT2D eigenvalue weighted by Gasteiger charge is 2.15. The topological polar surface area (TPSA) is 83.0 Å². The smallest absolute Gasteiger partial charge is 0.262 e. The van der Waals surface area contributed by atoms with Gasteiger partial charge in [0.25, 0.3) is 5.56 Å². The second-order valence-corrected chi connectivity index (χ2v) is 8.26. The molecule has 0 saturated carbocycles. The van der Waals surface area contributed by atoms with E-state index in [1.807, 2.05) is 72.8 Å². The van der Waals surface area contributed by atoms with E-state index in [0.717, 1.165) is 16.9 Å². The van der Waals surface area contributed by atoms with Crippen molar-refractivity contribution < 1.29 is 9.26 Å². The second kappa shape index (κ2) is 9.30. The number of rotatable bonds is 7. The first kappa shape index (κ1) is 21.0. The molecular formula is C25H20N4O3S. The highest BCUT2D eigenvalue weighted by atomic mass is 32.2. The molecular weight excluding hydrogens is 436 g/mol. The van der Waals surface area contributed by atoms with E-state index >= 15 is 0 Å². The largest absolute Gasteiger partial charge is 0.497 e. The lowest BCUT2D eigenvalue weighted by molar-refractivity contribution is 0.391. The monoisotopic (exact) mass is 456 g/mol. The summed E-state index contributed by atoms with van der Waals surface area (Å²) < 4.78 is 12.4. The number of thioether (sulfide) groups is 1. The van der Waals surface area contributed by atoms with Crippen molar-refractivity contribution in [1.29, 1.82) is 0 Å². The number of fused-ring (bicyclic) bond motifs is 1. The Labute approximate surface area is 194 Å². The maximum Gasteiger partial charge on any atom is 0.262 e. The summed E-state index contributed by atoms with van der Waals surface area (Å²) in [5.41, 5.74) is 2.43. The Bertz CT molecular complexity index is 1450. The minimum atomic E-state index is -0.0885. The molecule has 5 rings (SSSR count). The molecule has 0 bridgehead atoms. The first-order chi connectivity index (χ1) is 16.2. The van der Waals surface area contributed by atoms with E-state index in [-0.39, 0.29) is 5.56 Å².